The van der Waals surface area contributed by atoms with Crippen molar-refractivity contribution in [3.05, 3.63) is 34.9 Å². The van der Waals surface area contributed by atoms with E-state index in [1.807, 2.05) is 0 Å². The first-order chi connectivity index (χ1) is 9.49. The van der Waals surface area contributed by atoms with E-state index in [0.29, 0.717) is 12.4 Å². The third-order valence-electron chi connectivity index (χ3n) is 4.08. The van der Waals surface area contributed by atoms with Gasteiger partial charge in [0.1, 0.15) is 17.2 Å². The van der Waals surface area contributed by atoms with Crippen molar-refractivity contribution < 1.29 is 13.6 Å². The van der Waals surface area contributed by atoms with Gasteiger partial charge in [0, 0.05) is 17.8 Å². The van der Waals surface area contributed by atoms with Gasteiger partial charge < -0.3 is 5.32 Å². The van der Waals surface area contributed by atoms with Crippen molar-refractivity contribution in [1.29, 1.82) is 0 Å². The summed E-state index contributed by atoms with van der Waals surface area (Å²) in [5.74, 6) is -1.89. The van der Waals surface area contributed by atoms with Gasteiger partial charge in [-0.15, -0.1) is 11.6 Å². The Morgan fingerprint density at radius 3 is 2.60 bits per heavy atom. The summed E-state index contributed by atoms with van der Waals surface area (Å²) in [6.07, 6.45) is 4.04. The quantitative estimate of drug-likeness (QED) is 0.842. The highest BCUT2D eigenvalue weighted by Gasteiger charge is 2.33. The second kappa shape index (κ2) is 6.08. The van der Waals surface area contributed by atoms with Crippen LogP contribution >= 0.6 is 11.6 Å². The van der Waals surface area contributed by atoms with Gasteiger partial charge >= 0.3 is 0 Å². The number of rotatable bonds is 4. The molecule has 0 radical (unpaired) electrons. The topological polar surface area (TPSA) is 29.1 Å². The summed E-state index contributed by atoms with van der Waals surface area (Å²) in [6.45, 7) is 1.87. The molecule has 0 atom stereocenters. The third-order valence-corrected chi connectivity index (χ3v) is 4.65. The van der Waals surface area contributed by atoms with Gasteiger partial charge in [-0.1, -0.05) is 18.9 Å². The van der Waals surface area contributed by atoms with Gasteiger partial charge in [0.25, 0.3) is 5.91 Å². The Balaban J connectivity index is 2.11. The van der Waals surface area contributed by atoms with Crippen molar-refractivity contribution in [1.82, 2.24) is 5.32 Å². The summed E-state index contributed by atoms with van der Waals surface area (Å²) in [5.41, 5.74) is -0.384. The highest BCUT2D eigenvalue weighted by Crippen LogP contribution is 2.38. The molecule has 0 heterocycles. The summed E-state index contributed by atoms with van der Waals surface area (Å²) in [7, 11) is 0. The molecule has 0 spiro atoms. The smallest absolute Gasteiger partial charge is 0.257 e. The van der Waals surface area contributed by atoms with Gasteiger partial charge in [-0.3, -0.25) is 4.79 Å². The number of halogens is 3. The Morgan fingerprint density at radius 1 is 1.35 bits per heavy atom. The molecule has 1 aromatic rings. The van der Waals surface area contributed by atoms with Crippen LogP contribution in [0.2, 0.25) is 0 Å². The van der Waals surface area contributed by atoms with E-state index in [0.717, 1.165) is 31.7 Å². The SMILES string of the molecule is Cc1ccc(F)c(C(=O)NCC2(CCl)CCCC2)c1F. The molecule has 0 unspecified atom stereocenters. The van der Waals surface area contributed by atoms with Crippen LogP contribution in [0.1, 0.15) is 41.6 Å². The fourth-order valence-corrected chi connectivity index (χ4v) is 3.07. The molecule has 0 aromatic heterocycles. The number of carbonyl (C=O) groups excluding carboxylic acids is 1. The molecule has 1 aliphatic rings. The molecule has 20 heavy (non-hydrogen) atoms. The zero-order valence-corrected chi connectivity index (χ0v) is 12.2. The van der Waals surface area contributed by atoms with Gasteiger partial charge in [-0.05, 0) is 31.4 Å². The predicted octanol–water partition coefficient (Wildman–Crippen LogP) is 3.80. The summed E-state index contributed by atoms with van der Waals surface area (Å²) in [5, 5.41) is 2.64. The second-order valence-electron chi connectivity index (χ2n) is 5.58. The number of carbonyl (C=O) groups is 1. The Labute approximate surface area is 122 Å². The average Bonchev–Trinajstić information content (AvgIpc) is 2.91. The number of aryl methyl sites for hydroxylation is 1. The van der Waals surface area contributed by atoms with Crippen molar-refractivity contribution in [2.75, 3.05) is 12.4 Å². The maximum absolute atomic E-state index is 13.9. The normalized spacial score (nSPS) is 17.2. The van der Waals surface area contributed by atoms with Crippen LogP contribution in [0.15, 0.2) is 12.1 Å². The maximum Gasteiger partial charge on any atom is 0.257 e. The molecular formula is C15H18ClF2NO. The lowest BCUT2D eigenvalue weighted by atomic mass is 9.88. The molecule has 1 amide bonds. The van der Waals surface area contributed by atoms with Gasteiger partial charge in [0.05, 0.1) is 0 Å². The number of benzene rings is 1. The highest BCUT2D eigenvalue weighted by atomic mass is 35.5. The number of alkyl halides is 1. The van der Waals surface area contributed by atoms with Crippen molar-refractivity contribution in [3.8, 4) is 0 Å². The molecule has 2 nitrogen and oxygen atoms in total. The summed E-state index contributed by atoms with van der Waals surface area (Å²) in [6, 6.07) is 2.43. The first kappa shape index (κ1) is 15.2. The van der Waals surface area contributed by atoms with Gasteiger partial charge in [-0.2, -0.15) is 0 Å². The van der Waals surface area contributed by atoms with Gasteiger partial charge in [-0.25, -0.2) is 8.78 Å². The molecule has 1 fully saturated rings. The van der Waals surface area contributed by atoms with Gasteiger partial charge in [0.2, 0.25) is 0 Å². The first-order valence-electron chi connectivity index (χ1n) is 6.78. The zero-order valence-electron chi connectivity index (χ0n) is 11.4. The minimum atomic E-state index is -0.836. The fourth-order valence-electron chi connectivity index (χ4n) is 2.70. The monoisotopic (exact) mass is 301 g/mol. The highest BCUT2D eigenvalue weighted by molar-refractivity contribution is 6.18. The van der Waals surface area contributed by atoms with Crippen molar-refractivity contribution in [2.45, 2.75) is 32.6 Å². The number of nitrogens with one attached hydrogen (secondary N) is 1. The van der Waals surface area contributed by atoms with Crippen molar-refractivity contribution in [3.63, 3.8) is 0 Å². The van der Waals surface area contributed by atoms with Crippen LogP contribution in [0.4, 0.5) is 8.78 Å². The lowest BCUT2D eigenvalue weighted by molar-refractivity contribution is 0.0926. The maximum atomic E-state index is 13.9. The van der Waals surface area contributed by atoms with E-state index < -0.39 is 23.1 Å². The molecule has 0 bridgehead atoms. The molecule has 1 aliphatic carbocycles. The molecule has 0 aliphatic heterocycles. The number of hydrogen-bond donors (Lipinski definition) is 1. The Kier molecular flexibility index (Phi) is 4.63. The van der Waals surface area contributed by atoms with Crippen LogP contribution in [0.5, 0.6) is 0 Å². The Bertz CT molecular complexity index is 513. The molecule has 110 valence electrons. The largest absolute Gasteiger partial charge is 0.351 e. The van der Waals surface area contributed by atoms with Gasteiger partial charge in [0.15, 0.2) is 0 Å². The summed E-state index contributed by atoms with van der Waals surface area (Å²) in [4.78, 5) is 12.0. The Hall–Kier alpha value is -1.16. The molecule has 1 aromatic carbocycles. The van der Waals surface area contributed by atoms with Crippen LogP contribution in [-0.2, 0) is 0 Å². The van der Waals surface area contributed by atoms with Crippen LogP contribution in [-0.4, -0.2) is 18.3 Å². The average molecular weight is 302 g/mol. The van der Waals surface area contributed by atoms with E-state index in [1.54, 1.807) is 0 Å². The second-order valence-corrected chi connectivity index (χ2v) is 5.84. The van der Waals surface area contributed by atoms with E-state index in [1.165, 1.54) is 13.0 Å². The molecule has 2 rings (SSSR count). The summed E-state index contributed by atoms with van der Waals surface area (Å²) < 4.78 is 27.5. The molecular weight excluding hydrogens is 284 g/mol. The minimum absolute atomic E-state index is 0.131. The Morgan fingerprint density at radius 2 is 2.00 bits per heavy atom. The first-order valence-corrected chi connectivity index (χ1v) is 7.31. The van der Waals surface area contributed by atoms with Crippen LogP contribution in [0.25, 0.3) is 0 Å². The van der Waals surface area contributed by atoms with Crippen LogP contribution < -0.4 is 5.32 Å². The van der Waals surface area contributed by atoms with E-state index in [-0.39, 0.29) is 11.0 Å². The molecule has 1 N–H and O–H groups in total. The molecule has 1 saturated carbocycles. The van der Waals surface area contributed by atoms with Crippen LogP contribution in [0, 0.1) is 24.0 Å². The fraction of sp³-hybridized carbons (Fsp3) is 0.533. The van der Waals surface area contributed by atoms with Crippen molar-refractivity contribution >= 4 is 17.5 Å². The lowest BCUT2D eigenvalue weighted by Gasteiger charge is -2.26. The zero-order chi connectivity index (χ0) is 14.8. The van der Waals surface area contributed by atoms with Crippen molar-refractivity contribution in [2.24, 2.45) is 5.41 Å². The third kappa shape index (κ3) is 2.95. The molecule has 5 heteroatoms. The van der Waals surface area contributed by atoms with E-state index >= 15 is 0 Å². The lowest BCUT2D eigenvalue weighted by Crippen LogP contribution is -2.37. The predicted molar refractivity (Wildman–Crippen MR) is 75.0 cm³/mol. The van der Waals surface area contributed by atoms with E-state index in [2.05, 4.69) is 5.32 Å². The number of hydrogen-bond acceptors (Lipinski definition) is 1. The van der Waals surface area contributed by atoms with E-state index in [9.17, 15) is 13.6 Å². The molecule has 0 saturated heterocycles. The standard InChI is InChI=1S/C15H18ClF2NO/c1-10-4-5-11(17)12(13(10)18)14(20)19-9-15(8-16)6-2-3-7-15/h4-5H,2-3,6-9H2,1H3,(H,19,20). The van der Waals surface area contributed by atoms with Crippen LogP contribution in [0.3, 0.4) is 0 Å². The summed E-state index contributed by atoms with van der Waals surface area (Å²) >= 11 is 5.98. The minimum Gasteiger partial charge on any atom is -0.351 e. The van der Waals surface area contributed by atoms with E-state index in [4.69, 9.17) is 11.6 Å². The number of amides is 1.